The molecule has 154 valence electrons. The number of aliphatic hydroxyl groups excluding tert-OH is 1. The Balaban J connectivity index is 1.60. The molecule has 0 radical (unpaired) electrons. The zero-order valence-corrected chi connectivity index (χ0v) is 16.7. The molecular weight excluding hydrogens is 384 g/mol. The van der Waals surface area contributed by atoms with Crippen LogP contribution in [0.4, 0.5) is 10.5 Å². The number of urea groups is 1. The van der Waals surface area contributed by atoms with Gasteiger partial charge in [-0.25, -0.2) is 9.78 Å². The monoisotopic (exact) mass is 406 g/mol. The lowest BCUT2D eigenvalue weighted by Gasteiger charge is -2.22. The Morgan fingerprint density at radius 3 is 2.87 bits per heavy atom. The third kappa shape index (κ3) is 3.90. The van der Waals surface area contributed by atoms with Crippen LogP contribution in [0.15, 0.2) is 52.0 Å². The smallest absolute Gasteiger partial charge is 0.322 e. The van der Waals surface area contributed by atoms with Crippen LogP contribution >= 0.6 is 0 Å². The summed E-state index contributed by atoms with van der Waals surface area (Å²) < 4.78 is 5.20. The summed E-state index contributed by atoms with van der Waals surface area (Å²) >= 11 is 0. The Morgan fingerprint density at radius 1 is 1.23 bits per heavy atom. The Bertz CT molecular complexity index is 1290. The first-order valence-electron chi connectivity index (χ1n) is 9.58. The van der Waals surface area contributed by atoms with E-state index < -0.39 is 6.03 Å². The largest absolute Gasteiger partial charge is 0.443 e. The third-order valence-corrected chi connectivity index (χ3v) is 4.97. The molecule has 0 unspecified atom stereocenters. The van der Waals surface area contributed by atoms with Crippen molar-refractivity contribution in [1.82, 2.24) is 14.9 Å². The van der Waals surface area contributed by atoms with Crippen LogP contribution in [0.5, 0.6) is 0 Å². The number of rotatable bonds is 5. The summed E-state index contributed by atoms with van der Waals surface area (Å²) in [6, 6.07) is 10.5. The molecule has 0 saturated carbocycles. The first kappa shape index (κ1) is 19.7. The number of carbonyl (C=O) groups excluding carboxylic acids is 1. The van der Waals surface area contributed by atoms with Crippen molar-refractivity contribution in [3.05, 3.63) is 69.8 Å². The van der Waals surface area contributed by atoms with Gasteiger partial charge in [-0.1, -0.05) is 11.6 Å². The Kier molecular flexibility index (Phi) is 5.24. The van der Waals surface area contributed by atoms with Gasteiger partial charge in [0.15, 0.2) is 12.0 Å². The number of fused-ring (bicyclic) bond motifs is 2. The lowest BCUT2D eigenvalue weighted by Crippen LogP contribution is -2.38. The van der Waals surface area contributed by atoms with E-state index in [0.717, 1.165) is 22.0 Å². The fourth-order valence-electron chi connectivity index (χ4n) is 3.57. The topological polar surface area (TPSA) is 111 Å². The highest BCUT2D eigenvalue weighted by Gasteiger charge is 2.17. The third-order valence-electron chi connectivity index (χ3n) is 4.97. The number of anilines is 1. The number of oxazole rings is 1. The van der Waals surface area contributed by atoms with Gasteiger partial charge in [-0.2, -0.15) is 0 Å². The summed E-state index contributed by atoms with van der Waals surface area (Å²) in [5, 5.41) is 13.1. The Hall–Kier alpha value is -3.65. The van der Waals surface area contributed by atoms with Crippen LogP contribution in [0.3, 0.4) is 0 Å². The number of benzene rings is 2. The molecule has 2 heterocycles. The van der Waals surface area contributed by atoms with Gasteiger partial charge in [-0.15, -0.1) is 0 Å². The lowest BCUT2D eigenvalue weighted by atomic mass is 10.1. The summed E-state index contributed by atoms with van der Waals surface area (Å²) in [6.07, 6.45) is 1.34. The molecular formula is C22H22N4O4. The van der Waals surface area contributed by atoms with Gasteiger partial charge in [-0.05, 0) is 55.1 Å². The number of aromatic nitrogens is 2. The number of pyridine rings is 1. The van der Waals surface area contributed by atoms with E-state index in [4.69, 9.17) is 4.42 Å². The molecule has 30 heavy (non-hydrogen) atoms. The van der Waals surface area contributed by atoms with Gasteiger partial charge in [0, 0.05) is 17.8 Å². The van der Waals surface area contributed by atoms with Crippen LogP contribution < -0.4 is 10.9 Å². The fourth-order valence-corrected chi connectivity index (χ4v) is 3.57. The molecule has 0 bridgehead atoms. The molecule has 0 aliphatic carbocycles. The van der Waals surface area contributed by atoms with Crippen LogP contribution in [0.1, 0.15) is 16.7 Å². The second-order valence-electron chi connectivity index (χ2n) is 7.28. The number of nitrogens with one attached hydrogen (secondary N) is 2. The average Bonchev–Trinajstić information content (AvgIpc) is 3.16. The Labute approximate surface area is 172 Å². The summed E-state index contributed by atoms with van der Waals surface area (Å²) in [7, 11) is 0. The average molecular weight is 406 g/mol. The van der Waals surface area contributed by atoms with Crippen LogP contribution in [0.2, 0.25) is 0 Å². The van der Waals surface area contributed by atoms with Gasteiger partial charge in [-0.3, -0.25) is 4.79 Å². The number of aryl methyl sites for hydroxylation is 2. The summed E-state index contributed by atoms with van der Waals surface area (Å²) in [5.74, 6) is 0. The predicted octanol–water partition coefficient (Wildman–Crippen LogP) is 3.31. The molecule has 0 aliphatic heterocycles. The molecule has 2 amide bonds. The highest BCUT2D eigenvalue weighted by Crippen LogP contribution is 2.20. The molecule has 4 rings (SSSR count). The van der Waals surface area contributed by atoms with E-state index in [1.54, 1.807) is 24.3 Å². The molecule has 0 fully saturated rings. The van der Waals surface area contributed by atoms with Crippen LogP contribution in [-0.2, 0) is 6.54 Å². The van der Waals surface area contributed by atoms with Gasteiger partial charge in [0.05, 0.1) is 18.7 Å². The first-order chi connectivity index (χ1) is 14.4. The first-order valence-corrected chi connectivity index (χ1v) is 9.58. The highest BCUT2D eigenvalue weighted by atomic mass is 16.3. The predicted molar refractivity (Wildman–Crippen MR) is 115 cm³/mol. The van der Waals surface area contributed by atoms with Crippen molar-refractivity contribution in [2.45, 2.75) is 20.4 Å². The van der Waals surface area contributed by atoms with Crippen molar-refractivity contribution >= 4 is 33.7 Å². The number of aliphatic hydroxyl groups is 1. The van der Waals surface area contributed by atoms with E-state index in [1.807, 2.05) is 26.0 Å². The van der Waals surface area contributed by atoms with E-state index in [2.05, 4.69) is 15.3 Å². The number of hydrogen-bond acceptors (Lipinski definition) is 5. The quantitative estimate of drug-likeness (QED) is 0.471. The van der Waals surface area contributed by atoms with Gasteiger partial charge >= 0.3 is 6.03 Å². The minimum atomic E-state index is -0.424. The second-order valence-corrected chi connectivity index (χ2v) is 7.28. The maximum absolute atomic E-state index is 12.8. The molecule has 2 aromatic carbocycles. The standard InChI is InChI=1S/C22H22N4O4/c1-13-7-14(2)20-15(8-13)9-16(21(28)25-20)11-26(5-6-27)22(29)24-17-3-4-19-18(10-17)23-12-30-19/h3-4,7-10,12,27H,5-6,11H2,1-2H3,(H,24,29)(H,25,28). The summed E-state index contributed by atoms with van der Waals surface area (Å²) in [6.45, 7) is 3.87. The van der Waals surface area contributed by atoms with Crippen molar-refractivity contribution in [2.24, 2.45) is 0 Å². The number of nitrogens with zero attached hydrogens (tertiary/aromatic N) is 2. The van der Waals surface area contributed by atoms with Crippen molar-refractivity contribution in [1.29, 1.82) is 0 Å². The van der Waals surface area contributed by atoms with Crippen molar-refractivity contribution in [2.75, 3.05) is 18.5 Å². The molecule has 0 aliphatic rings. The molecule has 0 spiro atoms. The fraction of sp³-hybridized carbons (Fsp3) is 0.227. The Morgan fingerprint density at radius 2 is 2.07 bits per heavy atom. The number of H-pyrrole nitrogens is 1. The van der Waals surface area contributed by atoms with Crippen LogP contribution in [-0.4, -0.2) is 39.2 Å². The zero-order valence-electron chi connectivity index (χ0n) is 16.7. The molecule has 2 aromatic heterocycles. The lowest BCUT2D eigenvalue weighted by molar-refractivity contribution is 0.185. The zero-order chi connectivity index (χ0) is 21.3. The maximum atomic E-state index is 12.8. The van der Waals surface area contributed by atoms with Crippen molar-refractivity contribution in [3.63, 3.8) is 0 Å². The number of aromatic amines is 1. The normalized spacial score (nSPS) is 11.2. The van der Waals surface area contributed by atoms with Crippen molar-refractivity contribution in [3.8, 4) is 0 Å². The molecule has 0 saturated heterocycles. The second kappa shape index (κ2) is 8.00. The number of hydrogen-bond donors (Lipinski definition) is 3. The molecule has 8 nitrogen and oxygen atoms in total. The molecule has 0 atom stereocenters. The maximum Gasteiger partial charge on any atom is 0.322 e. The van der Waals surface area contributed by atoms with Gasteiger partial charge in [0.2, 0.25) is 0 Å². The number of amides is 2. The van der Waals surface area contributed by atoms with Gasteiger partial charge in [0.25, 0.3) is 5.56 Å². The molecule has 3 N–H and O–H groups in total. The van der Waals surface area contributed by atoms with E-state index in [-0.39, 0.29) is 25.3 Å². The van der Waals surface area contributed by atoms with E-state index in [0.29, 0.717) is 22.4 Å². The van der Waals surface area contributed by atoms with E-state index in [9.17, 15) is 14.7 Å². The minimum Gasteiger partial charge on any atom is -0.443 e. The van der Waals surface area contributed by atoms with Crippen LogP contribution in [0, 0.1) is 13.8 Å². The number of carbonyl (C=O) groups is 1. The SMILES string of the molecule is Cc1cc(C)c2[nH]c(=O)c(CN(CCO)C(=O)Nc3ccc4ocnc4c3)cc2c1. The summed E-state index contributed by atoms with van der Waals surface area (Å²) in [4.78, 5) is 33.8. The van der Waals surface area contributed by atoms with Gasteiger partial charge < -0.3 is 24.7 Å². The van der Waals surface area contributed by atoms with Gasteiger partial charge in [0.1, 0.15) is 5.52 Å². The van der Waals surface area contributed by atoms with E-state index >= 15 is 0 Å². The summed E-state index contributed by atoms with van der Waals surface area (Å²) in [5.41, 5.74) is 4.84. The molecule has 8 heteroatoms. The van der Waals surface area contributed by atoms with Crippen molar-refractivity contribution < 1.29 is 14.3 Å². The minimum absolute atomic E-state index is 0.0663. The van der Waals surface area contributed by atoms with Crippen LogP contribution in [0.25, 0.3) is 22.0 Å². The van der Waals surface area contributed by atoms with E-state index in [1.165, 1.54) is 11.3 Å². The molecule has 4 aromatic rings. The highest BCUT2D eigenvalue weighted by molar-refractivity contribution is 5.91.